The van der Waals surface area contributed by atoms with Crippen molar-refractivity contribution in [3.05, 3.63) is 289 Å². The van der Waals surface area contributed by atoms with Crippen LogP contribution in [0.25, 0.3) is 155 Å². The molecule has 0 aliphatic rings. The number of aromatic nitrogens is 7. The lowest BCUT2D eigenvalue weighted by Crippen LogP contribution is -2.10. The van der Waals surface area contributed by atoms with Gasteiger partial charge in [0.2, 0.25) is 17.2 Å². The molecule has 17 rings (SSSR count). The number of fused-ring (bicyclic) bond motifs is 13. The summed E-state index contributed by atoms with van der Waals surface area (Å²) in [5, 5.41) is 2.30. The lowest BCUT2D eigenvalue weighted by atomic mass is 9.85. The van der Waals surface area contributed by atoms with Crippen LogP contribution in [0.1, 0.15) is 52.7 Å². The van der Waals surface area contributed by atoms with Crippen molar-refractivity contribution in [3.63, 3.8) is 0 Å². The van der Waals surface area contributed by atoms with Gasteiger partial charge < -0.3 is 4.57 Å². The monoisotopic (exact) mass is 1170 g/mol. The van der Waals surface area contributed by atoms with Gasteiger partial charge in [0.25, 0.3) is 0 Å². The minimum Gasteiger partial charge on any atom is -0.318 e. The molecule has 0 saturated carbocycles. The van der Waals surface area contributed by atoms with Crippen LogP contribution < -0.4 is 0 Å². The van der Waals surface area contributed by atoms with Gasteiger partial charge >= 0.3 is 0 Å². The van der Waals surface area contributed by atoms with E-state index < -0.39 is 0 Å². The SMILES string of the molecule is [C-]#[N+]c1c(-c2ccccc2)c(-c2ccc3nc4n(-c5ccccc5)c5ccc(-c6ccccc6)cc5n4c3c2)cc(-c2ccc3nc4n(-c5ccccc5)c5ccc(-c6ccccc6)cc5n4c3c2)c1-n1c2ccc(C(C)(C)C)cc2c2cc(C(C)(C)C)ccc21. The first-order chi connectivity index (χ1) is 44.4. The maximum Gasteiger partial charge on any atom is 0.220 e. The number of para-hydroxylation sites is 2. The molecule has 8 heteroatoms. The minimum absolute atomic E-state index is 0.112. The third-order valence-corrected chi connectivity index (χ3v) is 18.6. The van der Waals surface area contributed by atoms with Gasteiger partial charge in [-0.05, 0) is 181 Å². The summed E-state index contributed by atoms with van der Waals surface area (Å²) in [6.45, 7) is 23.5. The van der Waals surface area contributed by atoms with Crippen LogP contribution in [0.15, 0.2) is 267 Å². The van der Waals surface area contributed by atoms with Gasteiger partial charge in [0.1, 0.15) is 0 Å². The van der Waals surface area contributed by atoms with Gasteiger partial charge in [-0.25, -0.2) is 14.8 Å². The van der Waals surface area contributed by atoms with Crippen LogP contribution in [0, 0.1) is 6.57 Å². The second-order valence-electron chi connectivity index (χ2n) is 26.2. The van der Waals surface area contributed by atoms with Crippen molar-refractivity contribution in [3.8, 4) is 72.7 Å². The Morgan fingerprint density at radius 3 is 1.13 bits per heavy atom. The Balaban J connectivity index is 1.00. The standard InChI is InChI=1S/C83H62N8/c1-82(2,3)59-37-43-69-65(49-59)66-50-60(83(4,5)6)38-44-70(66)89(69)79-64(58-34-40-68-74(48-58)91-76-46-56(53-25-15-9-16-26-53)36-42-72(76)88(81(91)86-68)62-31-21-12-22-32-62)51-63(77(78(79)84-7)54-27-17-10-18-28-54)57-33-39-67-73(47-57)90-75-45-55(52-23-13-8-14-24-52)35-41-71(75)87(80(90)85-67)61-29-19-11-20-30-61/h8-51H,1-6H3. The molecule has 0 aliphatic carbocycles. The molecule has 0 saturated heterocycles. The molecule has 0 unspecified atom stereocenters. The van der Waals surface area contributed by atoms with E-state index in [4.69, 9.17) is 14.8 Å². The summed E-state index contributed by atoms with van der Waals surface area (Å²) in [5.41, 5.74) is 25.7. The minimum atomic E-state index is -0.112. The molecular weight excluding hydrogens is 1110 g/mol. The van der Waals surface area contributed by atoms with Crippen molar-refractivity contribution < 1.29 is 0 Å². The summed E-state index contributed by atoms with van der Waals surface area (Å²) in [7, 11) is 0. The lowest BCUT2D eigenvalue weighted by molar-refractivity contribution is 0.590. The van der Waals surface area contributed by atoms with Gasteiger partial charge in [-0.1, -0.05) is 205 Å². The fourth-order valence-electron chi connectivity index (χ4n) is 14.1. The summed E-state index contributed by atoms with van der Waals surface area (Å²) < 4.78 is 11.6. The van der Waals surface area contributed by atoms with Crippen LogP contribution in [-0.4, -0.2) is 32.5 Å². The van der Waals surface area contributed by atoms with Gasteiger partial charge in [-0.3, -0.25) is 17.9 Å². The fraction of sp³-hybridized carbons (Fsp3) is 0.0964. The summed E-state index contributed by atoms with van der Waals surface area (Å²) in [5.74, 6) is 1.64. The largest absolute Gasteiger partial charge is 0.318 e. The van der Waals surface area contributed by atoms with Crippen LogP contribution in [0.5, 0.6) is 0 Å². The van der Waals surface area contributed by atoms with Gasteiger partial charge in [0.05, 0.1) is 67.4 Å². The number of hydrogen-bond donors (Lipinski definition) is 0. The van der Waals surface area contributed by atoms with E-state index in [0.29, 0.717) is 5.69 Å². The van der Waals surface area contributed by atoms with Gasteiger partial charge in [0, 0.05) is 22.1 Å². The van der Waals surface area contributed by atoms with E-state index in [1.807, 2.05) is 0 Å². The predicted octanol–water partition coefficient (Wildman–Crippen LogP) is 21.8. The van der Waals surface area contributed by atoms with E-state index >= 15 is 0 Å². The number of rotatable bonds is 8. The van der Waals surface area contributed by atoms with E-state index in [0.717, 1.165) is 150 Å². The summed E-state index contributed by atoms with van der Waals surface area (Å²) in [6, 6.07) is 96.0. The van der Waals surface area contributed by atoms with Crippen molar-refractivity contribution >= 4 is 83.2 Å². The molecule has 0 fully saturated rings. The molecule has 0 radical (unpaired) electrons. The highest BCUT2D eigenvalue weighted by molar-refractivity contribution is 6.13. The Labute approximate surface area is 527 Å². The fourth-order valence-corrected chi connectivity index (χ4v) is 14.1. The zero-order valence-corrected chi connectivity index (χ0v) is 51.5. The summed E-state index contributed by atoms with van der Waals surface area (Å²) in [4.78, 5) is 15.8. The molecule has 17 aromatic rings. The van der Waals surface area contributed by atoms with E-state index in [-0.39, 0.29) is 10.8 Å². The van der Waals surface area contributed by atoms with Crippen molar-refractivity contribution in [2.24, 2.45) is 0 Å². The molecule has 0 aliphatic heterocycles. The molecule has 0 spiro atoms. The lowest BCUT2D eigenvalue weighted by Gasteiger charge is -2.23. The molecule has 0 atom stereocenters. The highest BCUT2D eigenvalue weighted by atomic mass is 15.2. The average Bonchev–Trinajstić information content (AvgIpc) is 1.73. The first kappa shape index (κ1) is 53.7. The first-order valence-electron chi connectivity index (χ1n) is 31.3. The van der Waals surface area contributed by atoms with E-state index in [9.17, 15) is 6.57 Å². The maximum atomic E-state index is 9.78. The molecular formula is C83H62N8. The predicted molar refractivity (Wildman–Crippen MR) is 378 cm³/mol. The summed E-state index contributed by atoms with van der Waals surface area (Å²) in [6.07, 6.45) is 0. The average molecular weight is 1170 g/mol. The molecule has 434 valence electrons. The molecule has 91 heavy (non-hydrogen) atoms. The number of hydrogen-bond acceptors (Lipinski definition) is 2. The van der Waals surface area contributed by atoms with Crippen LogP contribution in [0.3, 0.4) is 0 Å². The Morgan fingerprint density at radius 1 is 0.319 bits per heavy atom. The normalized spacial score (nSPS) is 12.3. The topological polar surface area (TPSA) is 53.8 Å². The molecule has 5 heterocycles. The van der Waals surface area contributed by atoms with Crippen molar-refractivity contribution in [1.29, 1.82) is 0 Å². The third kappa shape index (κ3) is 8.49. The van der Waals surface area contributed by atoms with E-state index in [2.05, 4.69) is 331 Å². The van der Waals surface area contributed by atoms with E-state index in [1.165, 1.54) is 11.1 Å². The second kappa shape index (κ2) is 20.3. The highest BCUT2D eigenvalue weighted by Crippen LogP contribution is 2.52. The second-order valence-corrected chi connectivity index (χ2v) is 26.2. The first-order valence-corrected chi connectivity index (χ1v) is 31.3. The Hall–Kier alpha value is -11.5. The molecule has 0 amide bonds. The molecule has 12 aromatic carbocycles. The van der Waals surface area contributed by atoms with Gasteiger partial charge in [0.15, 0.2) is 0 Å². The molecule has 5 aromatic heterocycles. The number of benzene rings is 12. The van der Waals surface area contributed by atoms with Crippen LogP contribution >= 0.6 is 0 Å². The molecule has 0 N–H and O–H groups in total. The zero-order chi connectivity index (χ0) is 61.4. The Bertz CT molecular complexity index is 5750. The molecule has 0 bridgehead atoms. The highest BCUT2D eigenvalue weighted by Gasteiger charge is 2.30. The van der Waals surface area contributed by atoms with Crippen molar-refractivity contribution in [1.82, 2.24) is 32.5 Å². The Kier molecular flexibility index (Phi) is 12.0. The van der Waals surface area contributed by atoms with Crippen LogP contribution in [-0.2, 0) is 10.8 Å². The van der Waals surface area contributed by atoms with Gasteiger partial charge in [-0.15, -0.1) is 0 Å². The number of imidazole rings is 4. The molecule has 8 nitrogen and oxygen atoms in total. The summed E-state index contributed by atoms with van der Waals surface area (Å²) >= 11 is 0. The van der Waals surface area contributed by atoms with Crippen molar-refractivity contribution in [2.45, 2.75) is 52.4 Å². The van der Waals surface area contributed by atoms with E-state index in [1.54, 1.807) is 0 Å². The Morgan fingerprint density at radius 2 is 0.703 bits per heavy atom. The number of nitrogens with zero attached hydrogens (tertiary/aromatic N) is 8. The van der Waals surface area contributed by atoms with Crippen LogP contribution in [0.4, 0.5) is 5.69 Å². The van der Waals surface area contributed by atoms with Crippen LogP contribution in [0.2, 0.25) is 0 Å². The third-order valence-electron chi connectivity index (χ3n) is 18.6. The quantitative estimate of drug-likeness (QED) is 0.142. The smallest absolute Gasteiger partial charge is 0.220 e. The van der Waals surface area contributed by atoms with Crippen molar-refractivity contribution in [2.75, 3.05) is 0 Å². The van der Waals surface area contributed by atoms with Gasteiger partial charge in [-0.2, -0.15) is 0 Å². The maximum absolute atomic E-state index is 9.78. The zero-order valence-electron chi connectivity index (χ0n) is 51.5.